The number of β-amino-alcohol motifs (C(OH)–C–C–N with tert-alkyl or cyclic N) is 1. The third-order valence-corrected chi connectivity index (χ3v) is 8.34. The van der Waals surface area contributed by atoms with Crippen molar-refractivity contribution in [3.05, 3.63) is 82.9 Å². The molecule has 0 unspecified atom stereocenters. The van der Waals surface area contributed by atoms with E-state index in [0.29, 0.717) is 22.5 Å². The number of halogens is 3. The number of aliphatic hydroxyl groups is 1. The Morgan fingerprint density at radius 1 is 1.03 bits per heavy atom. The van der Waals surface area contributed by atoms with Gasteiger partial charge in [-0.05, 0) is 47.9 Å². The number of benzene rings is 2. The Morgan fingerprint density at radius 3 is 2.42 bits per heavy atom. The monoisotopic (exact) mass is 545 g/mol. The van der Waals surface area contributed by atoms with Crippen molar-refractivity contribution in [3.8, 4) is 11.1 Å². The van der Waals surface area contributed by atoms with E-state index in [9.17, 15) is 31.5 Å². The Labute approximate surface area is 215 Å². The molecule has 0 aliphatic carbocycles. The van der Waals surface area contributed by atoms with Gasteiger partial charge < -0.3 is 10.4 Å². The predicted octanol–water partition coefficient (Wildman–Crippen LogP) is 3.24. The first kappa shape index (κ1) is 25.8. The summed E-state index contributed by atoms with van der Waals surface area (Å²) in [7, 11) is -3.91. The minimum atomic E-state index is -4.50. The molecule has 0 bridgehead atoms. The van der Waals surface area contributed by atoms with Crippen molar-refractivity contribution in [3.63, 3.8) is 0 Å². The standard InChI is InChI=1S/C25H22F3N5O4S/c26-25(27,28)18-5-8-23(29-13-18)31-21-9-10-33(14-22(21)34)38(36,37)19-6-3-15(4-7-19)16-1-2-17-12-30-32-24(35)20(17)11-16/h1-8,11-13,21-22,34H,9-10,14H2,(H,29,31)(H,32,35)/t21-,22+/m1/s1. The number of hydrogen-bond donors (Lipinski definition) is 3. The Hall–Kier alpha value is -3.81. The quantitative estimate of drug-likeness (QED) is 0.351. The third kappa shape index (κ3) is 5.12. The lowest BCUT2D eigenvalue weighted by Crippen LogP contribution is -2.51. The van der Waals surface area contributed by atoms with Gasteiger partial charge in [-0.1, -0.05) is 24.3 Å². The number of alkyl halides is 3. The van der Waals surface area contributed by atoms with Crippen molar-refractivity contribution in [1.82, 2.24) is 19.5 Å². The summed E-state index contributed by atoms with van der Waals surface area (Å²) in [5.41, 5.74) is 0.239. The first-order valence-corrected chi connectivity index (χ1v) is 13.0. The summed E-state index contributed by atoms with van der Waals surface area (Å²) in [6, 6.07) is 13.0. The summed E-state index contributed by atoms with van der Waals surface area (Å²) in [6.07, 6.45) is -3.14. The number of piperidine rings is 1. The number of rotatable bonds is 5. The second-order valence-electron chi connectivity index (χ2n) is 8.93. The number of sulfonamides is 1. The van der Waals surface area contributed by atoms with Crippen molar-refractivity contribution < 1.29 is 26.7 Å². The minimum Gasteiger partial charge on any atom is -0.390 e. The van der Waals surface area contributed by atoms with E-state index in [1.54, 1.807) is 30.5 Å². The molecule has 9 nitrogen and oxygen atoms in total. The molecule has 13 heteroatoms. The zero-order chi connectivity index (χ0) is 27.1. The first-order valence-electron chi connectivity index (χ1n) is 11.6. The van der Waals surface area contributed by atoms with Crippen LogP contribution in [-0.4, -0.2) is 58.2 Å². The summed E-state index contributed by atoms with van der Waals surface area (Å²) in [5, 5.41) is 20.8. The van der Waals surface area contributed by atoms with Crippen LogP contribution in [0, 0.1) is 0 Å². The molecule has 0 amide bonds. The van der Waals surface area contributed by atoms with Crippen LogP contribution in [0.15, 0.2) is 76.7 Å². The molecule has 2 aromatic carbocycles. The molecule has 3 N–H and O–H groups in total. The van der Waals surface area contributed by atoms with Crippen molar-refractivity contribution in [2.45, 2.75) is 29.6 Å². The molecular formula is C25H22F3N5O4S. The van der Waals surface area contributed by atoms with Crippen LogP contribution in [0.2, 0.25) is 0 Å². The number of aromatic amines is 1. The highest BCUT2D eigenvalue weighted by atomic mass is 32.2. The smallest absolute Gasteiger partial charge is 0.390 e. The van der Waals surface area contributed by atoms with Gasteiger partial charge in [0.1, 0.15) is 5.82 Å². The van der Waals surface area contributed by atoms with Gasteiger partial charge in [0.25, 0.3) is 5.56 Å². The molecule has 5 rings (SSSR count). The number of hydrogen-bond acceptors (Lipinski definition) is 7. The number of aliphatic hydroxyl groups excluding tert-OH is 1. The first-order chi connectivity index (χ1) is 18.0. The van der Waals surface area contributed by atoms with E-state index in [4.69, 9.17) is 0 Å². The maximum absolute atomic E-state index is 13.2. The number of H-pyrrole nitrogens is 1. The van der Waals surface area contributed by atoms with Gasteiger partial charge in [0, 0.05) is 24.7 Å². The van der Waals surface area contributed by atoms with Crippen LogP contribution in [0.25, 0.3) is 21.9 Å². The highest BCUT2D eigenvalue weighted by Crippen LogP contribution is 2.30. The molecule has 0 spiro atoms. The van der Waals surface area contributed by atoms with E-state index in [-0.39, 0.29) is 35.8 Å². The van der Waals surface area contributed by atoms with E-state index in [2.05, 4.69) is 20.5 Å². The van der Waals surface area contributed by atoms with Crippen molar-refractivity contribution in [2.24, 2.45) is 0 Å². The predicted molar refractivity (Wildman–Crippen MR) is 134 cm³/mol. The van der Waals surface area contributed by atoms with Gasteiger partial charge in [0.2, 0.25) is 10.0 Å². The summed E-state index contributed by atoms with van der Waals surface area (Å²) in [5.74, 6) is 0.154. The Balaban J connectivity index is 1.27. The molecular weight excluding hydrogens is 523 g/mol. The molecule has 2 atom stereocenters. The zero-order valence-electron chi connectivity index (χ0n) is 19.7. The maximum atomic E-state index is 13.2. The average Bonchev–Trinajstić information content (AvgIpc) is 2.90. The number of nitrogens with one attached hydrogen (secondary N) is 2. The van der Waals surface area contributed by atoms with E-state index in [0.717, 1.165) is 11.6 Å². The highest BCUT2D eigenvalue weighted by molar-refractivity contribution is 7.89. The van der Waals surface area contributed by atoms with Gasteiger partial charge in [-0.15, -0.1) is 0 Å². The van der Waals surface area contributed by atoms with Crippen LogP contribution in [0.3, 0.4) is 0 Å². The number of anilines is 1. The molecule has 38 heavy (non-hydrogen) atoms. The summed E-state index contributed by atoms with van der Waals surface area (Å²) < 4.78 is 65.8. The van der Waals surface area contributed by atoms with Crippen LogP contribution in [-0.2, 0) is 16.2 Å². The molecule has 1 aliphatic rings. The third-order valence-electron chi connectivity index (χ3n) is 6.46. The molecule has 198 valence electrons. The number of nitrogens with zero attached hydrogens (tertiary/aromatic N) is 3. The van der Waals surface area contributed by atoms with Gasteiger partial charge in [0.15, 0.2) is 0 Å². The van der Waals surface area contributed by atoms with Gasteiger partial charge in [-0.25, -0.2) is 18.5 Å². The summed E-state index contributed by atoms with van der Waals surface area (Å²) in [4.78, 5) is 15.8. The van der Waals surface area contributed by atoms with E-state index >= 15 is 0 Å². The fourth-order valence-corrected chi connectivity index (χ4v) is 5.83. The van der Waals surface area contributed by atoms with Crippen LogP contribution >= 0.6 is 0 Å². The topological polar surface area (TPSA) is 128 Å². The largest absolute Gasteiger partial charge is 0.417 e. The average molecular weight is 546 g/mol. The molecule has 2 aromatic heterocycles. The van der Waals surface area contributed by atoms with Gasteiger partial charge in [-0.3, -0.25) is 4.79 Å². The second kappa shape index (κ2) is 9.82. The molecule has 3 heterocycles. The molecule has 0 saturated carbocycles. The van der Waals surface area contributed by atoms with Gasteiger partial charge in [0.05, 0.1) is 34.2 Å². The van der Waals surface area contributed by atoms with Crippen LogP contribution < -0.4 is 10.9 Å². The number of aromatic nitrogens is 3. The second-order valence-corrected chi connectivity index (χ2v) is 10.9. The summed E-state index contributed by atoms with van der Waals surface area (Å²) in [6.45, 7) is -0.0925. The van der Waals surface area contributed by atoms with Gasteiger partial charge >= 0.3 is 6.18 Å². The maximum Gasteiger partial charge on any atom is 0.417 e. The molecule has 1 aliphatic heterocycles. The number of fused-ring (bicyclic) bond motifs is 1. The van der Waals surface area contributed by atoms with Gasteiger partial charge in [-0.2, -0.15) is 22.6 Å². The minimum absolute atomic E-state index is 0.0482. The van der Waals surface area contributed by atoms with E-state index in [1.165, 1.54) is 22.5 Å². The Kier molecular flexibility index (Phi) is 6.67. The summed E-state index contributed by atoms with van der Waals surface area (Å²) >= 11 is 0. The molecule has 0 radical (unpaired) electrons. The lowest BCUT2D eigenvalue weighted by Gasteiger charge is -2.35. The van der Waals surface area contributed by atoms with E-state index in [1.807, 2.05) is 6.07 Å². The molecule has 4 aromatic rings. The lowest BCUT2D eigenvalue weighted by molar-refractivity contribution is -0.137. The fraction of sp³-hybridized carbons (Fsp3) is 0.240. The normalized spacial score (nSPS) is 18.9. The van der Waals surface area contributed by atoms with Crippen LogP contribution in [0.5, 0.6) is 0 Å². The van der Waals surface area contributed by atoms with Crippen molar-refractivity contribution in [1.29, 1.82) is 0 Å². The number of pyridine rings is 1. The molecule has 1 saturated heterocycles. The van der Waals surface area contributed by atoms with Crippen LogP contribution in [0.4, 0.5) is 19.0 Å². The highest BCUT2D eigenvalue weighted by Gasteiger charge is 2.35. The zero-order valence-corrected chi connectivity index (χ0v) is 20.5. The van der Waals surface area contributed by atoms with Crippen molar-refractivity contribution in [2.75, 3.05) is 18.4 Å². The van der Waals surface area contributed by atoms with Crippen LogP contribution in [0.1, 0.15) is 12.0 Å². The van der Waals surface area contributed by atoms with Crippen molar-refractivity contribution >= 4 is 26.6 Å². The lowest BCUT2D eigenvalue weighted by atomic mass is 10.0. The fourth-order valence-electron chi connectivity index (χ4n) is 4.36. The Morgan fingerprint density at radius 2 is 1.76 bits per heavy atom. The molecule has 1 fully saturated rings. The Bertz CT molecular complexity index is 1620. The van der Waals surface area contributed by atoms with E-state index < -0.39 is 33.9 Å². The SMILES string of the molecule is O=c1[nH]ncc2ccc(-c3ccc(S(=O)(=O)N4CC[C@@H](Nc5ccc(C(F)(F)F)cn5)[C@@H](O)C4)cc3)cc12.